The second kappa shape index (κ2) is 4.25. The molecule has 0 aliphatic rings. The molecule has 0 saturated heterocycles. The van der Waals surface area contributed by atoms with E-state index in [1.165, 1.54) is 6.20 Å². The minimum absolute atomic E-state index is 0.0780. The van der Waals surface area contributed by atoms with Gasteiger partial charge in [-0.3, -0.25) is 10.1 Å². The predicted octanol–water partition coefficient (Wildman–Crippen LogP) is 3.62. The largest absolute Gasteiger partial charge is 0.355 e. The smallest absolute Gasteiger partial charge is 0.295 e. The Balaban J connectivity index is 2.69. The average Bonchev–Trinajstić information content (AvgIpc) is 2.74. The zero-order chi connectivity index (χ0) is 12.4. The van der Waals surface area contributed by atoms with E-state index in [1.807, 2.05) is 37.3 Å². The molecule has 2 aromatic rings. The van der Waals surface area contributed by atoms with E-state index >= 15 is 0 Å². The first kappa shape index (κ1) is 11.1. The van der Waals surface area contributed by atoms with Gasteiger partial charge >= 0.3 is 0 Å². The van der Waals surface area contributed by atoms with E-state index in [4.69, 9.17) is 0 Å². The molecule has 0 bridgehead atoms. The van der Waals surface area contributed by atoms with Crippen molar-refractivity contribution in [3.05, 3.63) is 58.9 Å². The van der Waals surface area contributed by atoms with E-state index in [0.717, 1.165) is 11.1 Å². The number of aromatic amines is 1. The molecule has 0 atom stereocenters. The normalized spacial score (nSPS) is 10.2. The van der Waals surface area contributed by atoms with Gasteiger partial charge in [-0.1, -0.05) is 36.9 Å². The molecule has 2 rings (SSSR count). The molecule has 1 N–H and O–H groups in total. The summed E-state index contributed by atoms with van der Waals surface area (Å²) in [6.45, 7) is 5.65. The van der Waals surface area contributed by atoms with Crippen LogP contribution >= 0.6 is 0 Å². The number of nitrogens with one attached hydrogen (secondary N) is 1. The van der Waals surface area contributed by atoms with Crippen molar-refractivity contribution in [3.8, 4) is 11.1 Å². The van der Waals surface area contributed by atoms with Crippen LogP contribution in [-0.2, 0) is 0 Å². The zero-order valence-electron chi connectivity index (χ0n) is 9.43. The maximum atomic E-state index is 11.0. The minimum Gasteiger partial charge on any atom is -0.355 e. The summed E-state index contributed by atoms with van der Waals surface area (Å²) in [6.07, 6.45) is 1.41. The highest BCUT2D eigenvalue weighted by atomic mass is 16.6. The van der Waals surface area contributed by atoms with Crippen LogP contribution in [0.15, 0.2) is 43.1 Å². The molecule has 0 aliphatic carbocycles. The molecule has 0 spiro atoms. The van der Waals surface area contributed by atoms with Gasteiger partial charge in [0.25, 0.3) is 5.69 Å². The van der Waals surface area contributed by atoms with Crippen molar-refractivity contribution in [2.24, 2.45) is 0 Å². The number of nitrogens with zero attached hydrogens (tertiary/aromatic N) is 1. The SMILES string of the molecule is C=C(C)c1[nH]cc([N+](=O)[O-])c1-c1ccccc1. The fourth-order valence-electron chi connectivity index (χ4n) is 1.79. The maximum Gasteiger partial charge on any atom is 0.295 e. The van der Waals surface area contributed by atoms with Crippen LogP contribution in [0.4, 0.5) is 5.69 Å². The van der Waals surface area contributed by atoms with Crippen molar-refractivity contribution < 1.29 is 4.92 Å². The first-order valence-corrected chi connectivity index (χ1v) is 5.18. The summed E-state index contributed by atoms with van der Waals surface area (Å²) in [6, 6.07) is 9.29. The molecule has 0 aliphatic heterocycles. The fraction of sp³-hybridized carbons (Fsp3) is 0.0769. The molecule has 0 radical (unpaired) electrons. The van der Waals surface area contributed by atoms with Crippen molar-refractivity contribution >= 4 is 11.3 Å². The van der Waals surface area contributed by atoms with Crippen molar-refractivity contribution in [1.29, 1.82) is 0 Å². The van der Waals surface area contributed by atoms with E-state index in [2.05, 4.69) is 11.6 Å². The van der Waals surface area contributed by atoms with E-state index in [-0.39, 0.29) is 10.6 Å². The Bertz CT molecular complexity index is 539. The van der Waals surface area contributed by atoms with Gasteiger partial charge in [0.15, 0.2) is 0 Å². The van der Waals surface area contributed by atoms with Gasteiger partial charge in [-0.25, -0.2) is 0 Å². The lowest BCUT2D eigenvalue weighted by Gasteiger charge is -2.03. The summed E-state index contributed by atoms with van der Waals surface area (Å²) in [7, 11) is 0. The number of hydrogen-bond donors (Lipinski definition) is 1. The third-order valence-electron chi connectivity index (χ3n) is 2.55. The summed E-state index contributed by atoms with van der Waals surface area (Å²) in [5.74, 6) is 0. The van der Waals surface area contributed by atoms with E-state index < -0.39 is 0 Å². The number of hydrogen-bond acceptors (Lipinski definition) is 2. The van der Waals surface area contributed by atoms with Gasteiger partial charge in [-0.05, 0) is 18.1 Å². The number of nitro groups is 1. The van der Waals surface area contributed by atoms with Gasteiger partial charge in [0.2, 0.25) is 0 Å². The first-order valence-electron chi connectivity index (χ1n) is 5.18. The Labute approximate surface area is 98.8 Å². The van der Waals surface area contributed by atoms with Gasteiger partial charge in [-0.2, -0.15) is 0 Å². The molecule has 4 nitrogen and oxygen atoms in total. The second-order valence-electron chi connectivity index (χ2n) is 3.83. The minimum atomic E-state index is -0.384. The van der Waals surface area contributed by atoms with Crippen molar-refractivity contribution in [3.63, 3.8) is 0 Å². The van der Waals surface area contributed by atoms with E-state index in [1.54, 1.807) is 0 Å². The molecule has 1 heterocycles. The number of rotatable bonds is 3. The first-order chi connectivity index (χ1) is 8.11. The van der Waals surface area contributed by atoms with E-state index in [9.17, 15) is 10.1 Å². The molecule has 0 fully saturated rings. The van der Waals surface area contributed by atoms with Crippen LogP contribution in [0.5, 0.6) is 0 Å². The Kier molecular flexibility index (Phi) is 2.78. The quantitative estimate of drug-likeness (QED) is 0.644. The van der Waals surface area contributed by atoms with Gasteiger partial charge in [0.05, 0.1) is 22.4 Å². The highest BCUT2D eigenvalue weighted by Gasteiger charge is 2.21. The lowest BCUT2D eigenvalue weighted by molar-refractivity contribution is -0.384. The van der Waals surface area contributed by atoms with Gasteiger partial charge < -0.3 is 4.98 Å². The van der Waals surface area contributed by atoms with E-state index in [0.29, 0.717) is 11.3 Å². The van der Waals surface area contributed by atoms with Crippen molar-refractivity contribution in [1.82, 2.24) is 4.98 Å². The molecule has 1 aromatic carbocycles. The molecule has 17 heavy (non-hydrogen) atoms. The third kappa shape index (κ3) is 1.97. The summed E-state index contributed by atoms with van der Waals surface area (Å²) in [5, 5.41) is 11.0. The number of aromatic nitrogens is 1. The molecule has 0 unspecified atom stereocenters. The topological polar surface area (TPSA) is 58.9 Å². The Hall–Kier alpha value is -2.36. The summed E-state index contributed by atoms with van der Waals surface area (Å²) >= 11 is 0. The molecule has 0 saturated carbocycles. The lowest BCUT2D eigenvalue weighted by Crippen LogP contribution is -1.90. The number of benzene rings is 1. The van der Waals surface area contributed by atoms with Crippen LogP contribution in [0.25, 0.3) is 16.7 Å². The average molecular weight is 228 g/mol. The molecule has 4 heteroatoms. The predicted molar refractivity (Wildman–Crippen MR) is 67.6 cm³/mol. The van der Waals surface area contributed by atoms with Crippen LogP contribution in [0.3, 0.4) is 0 Å². The molecular weight excluding hydrogens is 216 g/mol. The van der Waals surface area contributed by atoms with Crippen LogP contribution in [0, 0.1) is 10.1 Å². The second-order valence-corrected chi connectivity index (χ2v) is 3.83. The number of H-pyrrole nitrogens is 1. The van der Waals surface area contributed by atoms with Crippen LogP contribution in [-0.4, -0.2) is 9.91 Å². The maximum absolute atomic E-state index is 11.0. The monoisotopic (exact) mass is 228 g/mol. The lowest BCUT2D eigenvalue weighted by atomic mass is 10.0. The fourth-order valence-corrected chi connectivity index (χ4v) is 1.79. The van der Waals surface area contributed by atoms with Gasteiger partial charge in [-0.15, -0.1) is 0 Å². The van der Waals surface area contributed by atoms with Crippen LogP contribution in [0.2, 0.25) is 0 Å². The van der Waals surface area contributed by atoms with Gasteiger partial charge in [0.1, 0.15) is 0 Å². The standard InChI is InChI=1S/C13H12N2O2/c1-9(2)13-12(10-6-4-3-5-7-10)11(8-14-13)15(16)17/h3-8,14H,1H2,2H3. The van der Waals surface area contributed by atoms with Crippen LogP contribution in [0.1, 0.15) is 12.6 Å². The molecule has 1 aromatic heterocycles. The zero-order valence-corrected chi connectivity index (χ0v) is 9.43. The highest BCUT2D eigenvalue weighted by Crippen LogP contribution is 2.35. The molecule has 86 valence electrons. The molecular formula is C13H12N2O2. The number of allylic oxidation sites excluding steroid dienone is 1. The summed E-state index contributed by atoms with van der Waals surface area (Å²) < 4.78 is 0. The Morgan fingerprint density at radius 1 is 1.35 bits per heavy atom. The van der Waals surface area contributed by atoms with Crippen molar-refractivity contribution in [2.45, 2.75) is 6.92 Å². The summed E-state index contributed by atoms with van der Waals surface area (Å²) in [5.41, 5.74) is 2.98. The van der Waals surface area contributed by atoms with Crippen molar-refractivity contribution in [2.75, 3.05) is 0 Å². The highest BCUT2D eigenvalue weighted by molar-refractivity contribution is 5.84. The summed E-state index contributed by atoms with van der Waals surface area (Å²) in [4.78, 5) is 13.5. The van der Waals surface area contributed by atoms with Crippen LogP contribution < -0.4 is 0 Å². The van der Waals surface area contributed by atoms with Gasteiger partial charge in [0, 0.05) is 0 Å². The third-order valence-corrected chi connectivity index (χ3v) is 2.55. The Morgan fingerprint density at radius 3 is 2.53 bits per heavy atom. The molecule has 0 amide bonds. The Morgan fingerprint density at radius 2 is 2.00 bits per heavy atom.